The minimum atomic E-state index is -1.97. The number of hydrogen-bond donors (Lipinski definition) is 21. The number of guanidine groups is 3. The summed E-state index contributed by atoms with van der Waals surface area (Å²) in [6.07, 6.45) is -1.46. The van der Waals surface area contributed by atoms with Crippen LogP contribution in [0.2, 0.25) is 0 Å². The third-order valence-corrected chi connectivity index (χ3v) is 18.8. The van der Waals surface area contributed by atoms with E-state index in [9.17, 15) is 77.3 Å². The fourth-order valence-corrected chi connectivity index (χ4v) is 12.3. The van der Waals surface area contributed by atoms with E-state index in [0.717, 1.165) is 21.6 Å². The van der Waals surface area contributed by atoms with Crippen molar-refractivity contribution in [3.63, 3.8) is 0 Å². The van der Waals surface area contributed by atoms with Crippen LogP contribution in [0, 0.1) is 11.8 Å². The number of carbonyl (C=O) groups excluding carboxylic acids is 12. The summed E-state index contributed by atoms with van der Waals surface area (Å²) in [6, 6.07) is -0.0927. The third kappa shape index (κ3) is 34.1. The molecule has 38 nitrogen and oxygen atoms in total. The van der Waals surface area contributed by atoms with Crippen LogP contribution in [-0.2, 0) is 80.0 Å². The molecule has 1 aliphatic rings. The normalized spacial score (nSPS) is 22.5. The summed E-state index contributed by atoms with van der Waals surface area (Å²) in [4.78, 5) is 207. The third-order valence-electron chi connectivity index (χ3n) is 16.3. The number of nitrogens with zero attached hydrogens (tertiary/aromatic N) is 3. The van der Waals surface area contributed by atoms with Gasteiger partial charge in [0, 0.05) is 44.0 Å². The fourth-order valence-electron chi connectivity index (χ4n) is 10.0. The van der Waals surface area contributed by atoms with E-state index in [1.165, 1.54) is 6.92 Å². The molecule has 0 saturated carbocycles. The number of carboxylic acid groups (broad SMARTS) is 2. The summed E-state index contributed by atoms with van der Waals surface area (Å²) < 4.78 is 0. The second kappa shape index (κ2) is 47.0. The molecule has 0 spiro atoms. The van der Waals surface area contributed by atoms with Gasteiger partial charge in [0.25, 0.3) is 0 Å². The van der Waals surface area contributed by atoms with Gasteiger partial charge in [-0.25, -0.2) is 4.79 Å². The van der Waals surface area contributed by atoms with Crippen LogP contribution in [0.3, 0.4) is 0 Å². The number of aliphatic imine (C=N–C) groups is 3. The first-order valence-corrected chi connectivity index (χ1v) is 36.5. The van der Waals surface area contributed by atoms with E-state index in [4.69, 9.17) is 40.1 Å². The topological polar surface area (TPSA) is 643 Å². The van der Waals surface area contributed by atoms with Crippen LogP contribution >= 0.6 is 21.6 Å². The van der Waals surface area contributed by atoms with Crippen molar-refractivity contribution in [3.05, 3.63) is 71.8 Å². The number of hydrogen-bond acceptors (Lipinski definition) is 20. The summed E-state index contributed by atoms with van der Waals surface area (Å²) in [5.74, 6) is -17.6. The maximum atomic E-state index is 14.9. The van der Waals surface area contributed by atoms with Gasteiger partial charge in [-0.2, -0.15) is 0 Å². The van der Waals surface area contributed by atoms with Crippen LogP contribution in [0.25, 0.3) is 0 Å². The van der Waals surface area contributed by atoms with Crippen molar-refractivity contribution in [2.75, 3.05) is 44.2 Å². The number of amides is 12. The molecule has 3 rings (SSSR count). The maximum Gasteiger partial charge on any atom is 0.326 e. The summed E-state index contributed by atoms with van der Waals surface area (Å²) >= 11 is 0. The zero-order valence-electron chi connectivity index (χ0n) is 59.3. The Morgan fingerprint density at radius 1 is 0.524 bits per heavy atom. The molecule has 0 radical (unpaired) electrons. The lowest BCUT2D eigenvalue weighted by Crippen LogP contribution is -2.62. The van der Waals surface area contributed by atoms with E-state index < -0.39 is 181 Å². The highest BCUT2D eigenvalue weighted by Gasteiger charge is 2.38. The van der Waals surface area contributed by atoms with E-state index in [1.807, 2.05) is 0 Å². The van der Waals surface area contributed by atoms with Gasteiger partial charge < -0.3 is 114 Å². The highest BCUT2D eigenvalue weighted by atomic mass is 33.1. The Bertz CT molecular complexity index is 3370. The molecule has 13 atom stereocenters. The summed E-state index contributed by atoms with van der Waals surface area (Å²) in [6.45, 7) is 6.19. The molecule has 0 aromatic heterocycles. The molecule has 2 aromatic carbocycles. The number of nitrogens with two attached hydrogens (primary N) is 7. The summed E-state index contributed by atoms with van der Waals surface area (Å²) in [5.41, 5.74) is 40.5. The van der Waals surface area contributed by atoms with Crippen LogP contribution in [0.5, 0.6) is 0 Å². The SMILES string of the molecule is CC[C@H](C)[C@@H]1NC(=O)[C@@H](CCCN=C(N)N)NC(=O)CNC(=O)CNC(=O)[C@@H](Cc2ccccc2)NC(=O)[C@H](C)NC(=O)[C@H](N)CSSC[C@H](C(=O)N[C@H](Cc2ccccc2)C(=O)N[C@H](CCCN=C(N)N)C(=O)O)NC(=O)[C@@H]([C@@H](C)CC)NC(=O)[C@H](CCCN=C(N)N)NC(=O)[C@@H](CC(=O)O)NC1=O. The second-order valence-corrected chi connectivity index (χ2v) is 27.3. The van der Waals surface area contributed by atoms with Gasteiger partial charge in [-0.3, -0.25) is 77.3 Å². The predicted octanol–water partition coefficient (Wildman–Crippen LogP) is -5.89. The molecule has 40 heteroatoms. The molecule has 0 bridgehead atoms. The lowest BCUT2D eigenvalue weighted by atomic mass is 9.96. The van der Waals surface area contributed by atoms with E-state index in [1.54, 1.807) is 88.4 Å². The van der Waals surface area contributed by atoms with Gasteiger partial charge in [-0.15, -0.1) is 0 Å². The van der Waals surface area contributed by atoms with Gasteiger partial charge >= 0.3 is 11.9 Å². The van der Waals surface area contributed by atoms with Gasteiger partial charge in [0.2, 0.25) is 70.9 Å². The summed E-state index contributed by atoms with van der Waals surface area (Å²) in [7, 11) is 1.86. The highest BCUT2D eigenvalue weighted by molar-refractivity contribution is 8.76. The molecule has 1 fully saturated rings. The monoisotopic (exact) mass is 1510 g/mol. The Balaban J connectivity index is 2.23. The van der Waals surface area contributed by atoms with Crippen molar-refractivity contribution in [2.45, 2.75) is 172 Å². The zero-order chi connectivity index (χ0) is 78.3. The number of benzene rings is 2. The smallest absolute Gasteiger partial charge is 0.326 e. The van der Waals surface area contributed by atoms with Crippen molar-refractivity contribution < 1.29 is 77.3 Å². The van der Waals surface area contributed by atoms with Gasteiger partial charge in [0.1, 0.15) is 60.4 Å². The maximum absolute atomic E-state index is 14.9. The van der Waals surface area contributed by atoms with Crippen LogP contribution < -0.4 is 104 Å². The molecule has 0 aliphatic carbocycles. The fraction of sp³-hybridized carbons (Fsp3) is 0.554. The first kappa shape index (κ1) is 88.7. The molecule has 1 heterocycles. The quantitative estimate of drug-likeness (QED) is 0.0171. The van der Waals surface area contributed by atoms with E-state index in [2.05, 4.69) is 78.8 Å². The van der Waals surface area contributed by atoms with Crippen LogP contribution in [0.15, 0.2) is 75.6 Å². The Labute approximate surface area is 615 Å². The minimum absolute atomic E-state index is 0.0240. The highest BCUT2D eigenvalue weighted by Crippen LogP contribution is 2.24. The Morgan fingerprint density at radius 3 is 1.52 bits per heavy atom. The lowest BCUT2D eigenvalue weighted by molar-refractivity contribution is -0.142. The number of carboxylic acids is 2. The molecule has 105 heavy (non-hydrogen) atoms. The Kier molecular flexibility index (Phi) is 39.7. The van der Waals surface area contributed by atoms with Crippen LogP contribution in [0.1, 0.15) is 104 Å². The molecular weight excluding hydrogens is 1410 g/mol. The van der Waals surface area contributed by atoms with Crippen LogP contribution in [-0.4, -0.2) is 222 Å². The zero-order valence-corrected chi connectivity index (χ0v) is 60.9. The molecular formula is C65H102N22O16S2. The lowest BCUT2D eigenvalue weighted by Gasteiger charge is -2.30. The number of carbonyl (C=O) groups is 14. The number of aliphatic carboxylic acids is 2. The largest absolute Gasteiger partial charge is 0.481 e. The Morgan fingerprint density at radius 2 is 1.00 bits per heavy atom. The van der Waals surface area contributed by atoms with Crippen molar-refractivity contribution in [1.82, 2.24) is 63.8 Å². The first-order chi connectivity index (χ1) is 49.7. The van der Waals surface area contributed by atoms with Crippen LogP contribution in [0.4, 0.5) is 0 Å². The van der Waals surface area contributed by atoms with Gasteiger partial charge in [0.05, 0.1) is 25.6 Å². The molecule has 12 amide bonds. The summed E-state index contributed by atoms with van der Waals surface area (Å²) in [5, 5.41) is 50.5. The first-order valence-electron chi connectivity index (χ1n) is 34.0. The number of rotatable bonds is 27. The van der Waals surface area contributed by atoms with Gasteiger partial charge in [0.15, 0.2) is 17.9 Å². The van der Waals surface area contributed by atoms with Crippen molar-refractivity contribution >= 4 is 122 Å². The Hall–Kier alpha value is -10.5. The molecule has 1 saturated heterocycles. The predicted molar refractivity (Wildman–Crippen MR) is 393 cm³/mol. The average molecular weight is 1510 g/mol. The molecule has 2 aromatic rings. The molecule has 0 unspecified atom stereocenters. The van der Waals surface area contributed by atoms with Gasteiger partial charge in [-0.05, 0) is 68.4 Å². The number of nitrogens with one attached hydrogen (secondary N) is 12. The molecule has 28 N–H and O–H groups in total. The standard InChI is InChI=1S/C65H102N22O16S2/c1-6-34(3)50-60(100)84-45(29-49(90)91)58(98)80-41(22-15-25-74-64(69)70)56(96)87-51(35(4)7-2)61(101)85-46(59(99)83-44(28-38-19-12-9-13-20-38)57(97)81-42(62(102)103)23-16-26-75-65(71)72)33-105-104-32-39(66)53(93)78-36(5)52(92)82-43(27-37-17-10-8-11-18-37)54(94)77-30-47(88)76-31-48(89)79-40(55(95)86-50)21-14-24-73-63(67)68/h8-13,17-20,34-36,39-46,50-51H,6-7,14-16,21-33,66H2,1-5H3,(H,76,88)(H,77,94)(H,78,93)(H,79,89)(H,80,98)(H,81,97)(H,82,92)(H,83,99)(H,84,100)(H,85,101)(H,86,95)(H,87,96)(H,90,91)(H,102,103)(H4,67,68,73)(H4,69,70,74)(H4,71,72,75)/t34-,35-,36-,39+,40+,41-,42+,43+,44+,45+,46+,50-,51+/m0/s1. The minimum Gasteiger partial charge on any atom is -0.481 e. The van der Waals surface area contributed by atoms with E-state index in [-0.39, 0.29) is 113 Å². The van der Waals surface area contributed by atoms with Crippen molar-refractivity contribution in [1.29, 1.82) is 0 Å². The molecule has 1 aliphatic heterocycles. The van der Waals surface area contributed by atoms with Gasteiger partial charge in [-0.1, -0.05) is 123 Å². The van der Waals surface area contributed by atoms with Crippen molar-refractivity contribution in [2.24, 2.45) is 66.9 Å². The average Bonchev–Trinajstić information content (AvgIpc) is 0.858. The second-order valence-electron chi connectivity index (χ2n) is 24.8. The van der Waals surface area contributed by atoms with Crippen molar-refractivity contribution in [3.8, 4) is 0 Å². The van der Waals surface area contributed by atoms with E-state index in [0.29, 0.717) is 11.1 Å². The van der Waals surface area contributed by atoms with E-state index >= 15 is 0 Å². The molecule has 580 valence electrons.